The van der Waals surface area contributed by atoms with Crippen LogP contribution in [0.4, 0.5) is 0 Å². The summed E-state index contributed by atoms with van der Waals surface area (Å²) in [6.45, 7) is 6.24. The van der Waals surface area contributed by atoms with E-state index in [1.54, 1.807) is 0 Å². The van der Waals surface area contributed by atoms with Gasteiger partial charge in [-0.2, -0.15) is 5.26 Å². The summed E-state index contributed by atoms with van der Waals surface area (Å²) in [6, 6.07) is 11.1. The summed E-state index contributed by atoms with van der Waals surface area (Å²) in [5, 5.41) is 12.5. The third-order valence-corrected chi connectivity index (χ3v) is 3.96. The van der Waals surface area contributed by atoms with Gasteiger partial charge in [-0.25, -0.2) is 0 Å². The molecular weight excluding hydrogens is 246 g/mol. The van der Waals surface area contributed by atoms with E-state index < -0.39 is 0 Å². The number of benzene rings is 1. The predicted molar refractivity (Wildman–Crippen MR) is 82.4 cm³/mol. The van der Waals surface area contributed by atoms with Crippen molar-refractivity contribution < 1.29 is 0 Å². The van der Waals surface area contributed by atoms with Gasteiger partial charge in [-0.15, -0.1) is 0 Å². The molecule has 1 aliphatic rings. The fourth-order valence-electron chi connectivity index (χ4n) is 2.80. The summed E-state index contributed by atoms with van der Waals surface area (Å²) in [4.78, 5) is 2.49. The van der Waals surface area contributed by atoms with Gasteiger partial charge in [0.05, 0.1) is 12.1 Å². The molecule has 3 nitrogen and oxygen atoms in total. The molecule has 1 atom stereocenters. The first kappa shape index (κ1) is 15.0. The largest absolute Gasteiger partial charge is 0.302 e. The summed E-state index contributed by atoms with van der Waals surface area (Å²) in [5.74, 6) is 0. The van der Waals surface area contributed by atoms with Gasteiger partial charge in [0.1, 0.15) is 0 Å². The molecule has 1 heterocycles. The van der Waals surface area contributed by atoms with Gasteiger partial charge in [-0.1, -0.05) is 31.2 Å². The molecule has 1 aromatic rings. The minimum atomic E-state index is -0.00607. The Morgan fingerprint density at radius 3 is 2.90 bits per heavy atom. The fraction of sp³-hybridized carbons (Fsp3) is 0.588. The molecule has 0 spiro atoms. The Morgan fingerprint density at radius 1 is 1.35 bits per heavy atom. The first-order chi connectivity index (χ1) is 9.83. The van der Waals surface area contributed by atoms with Crippen LogP contribution in [0.5, 0.6) is 0 Å². The van der Waals surface area contributed by atoms with Crippen molar-refractivity contribution in [2.75, 3.05) is 19.6 Å². The third kappa shape index (κ3) is 4.33. The molecule has 0 saturated carbocycles. The highest BCUT2D eigenvalue weighted by Gasteiger charge is 2.15. The second kappa shape index (κ2) is 8.04. The Kier molecular flexibility index (Phi) is 6.04. The quantitative estimate of drug-likeness (QED) is 0.864. The van der Waals surface area contributed by atoms with Crippen LogP contribution >= 0.6 is 0 Å². The minimum absolute atomic E-state index is 0.00607. The third-order valence-electron chi connectivity index (χ3n) is 3.96. The monoisotopic (exact) mass is 271 g/mol. The van der Waals surface area contributed by atoms with Crippen molar-refractivity contribution in [2.45, 2.75) is 45.2 Å². The number of fused-ring (bicyclic) bond motifs is 1. The molecular formula is C17H25N3. The van der Waals surface area contributed by atoms with Crippen molar-refractivity contribution in [3.8, 4) is 6.07 Å². The van der Waals surface area contributed by atoms with Crippen LogP contribution in [0.15, 0.2) is 24.3 Å². The smallest absolute Gasteiger partial charge is 0.0965 e. The van der Waals surface area contributed by atoms with Crippen LogP contribution in [0.1, 0.15) is 37.3 Å². The van der Waals surface area contributed by atoms with Gasteiger partial charge in [0.2, 0.25) is 0 Å². The summed E-state index contributed by atoms with van der Waals surface area (Å²) < 4.78 is 0. The number of nitriles is 1. The van der Waals surface area contributed by atoms with E-state index in [2.05, 4.69) is 47.5 Å². The molecule has 1 aromatic carbocycles. The number of nitrogens with zero attached hydrogens (tertiary/aromatic N) is 2. The summed E-state index contributed by atoms with van der Waals surface area (Å²) in [7, 11) is 0. The average molecular weight is 271 g/mol. The van der Waals surface area contributed by atoms with E-state index in [0.29, 0.717) is 0 Å². The maximum absolute atomic E-state index is 9.16. The highest BCUT2D eigenvalue weighted by molar-refractivity contribution is 5.28. The van der Waals surface area contributed by atoms with E-state index in [9.17, 15) is 0 Å². The first-order valence-electron chi connectivity index (χ1n) is 7.75. The van der Waals surface area contributed by atoms with Gasteiger partial charge in [0, 0.05) is 13.1 Å². The van der Waals surface area contributed by atoms with Gasteiger partial charge in [-0.05, 0) is 49.9 Å². The predicted octanol–water partition coefficient (Wildman–Crippen LogP) is 2.72. The zero-order valence-electron chi connectivity index (χ0n) is 12.4. The zero-order valence-corrected chi connectivity index (χ0v) is 12.4. The summed E-state index contributed by atoms with van der Waals surface area (Å²) >= 11 is 0. The number of hydrogen-bond acceptors (Lipinski definition) is 3. The van der Waals surface area contributed by atoms with E-state index >= 15 is 0 Å². The van der Waals surface area contributed by atoms with Crippen molar-refractivity contribution in [3.05, 3.63) is 35.4 Å². The van der Waals surface area contributed by atoms with E-state index in [-0.39, 0.29) is 6.04 Å². The lowest BCUT2D eigenvalue weighted by Gasteiger charge is -2.22. The topological polar surface area (TPSA) is 39.1 Å². The van der Waals surface area contributed by atoms with Crippen molar-refractivity contribution in [3.63, 3.8) is 0 Å². The molecule has 0 fully saturated rings. The van der Waals surface area contributed by atoms with Gasteiger partial charge in [-0.3, -0.25) is 4.90 Å². The maximum atomic E-state index is 9.16. The Labute approximate surface area is 122 Å². The molecule has 108 valence electrons. The number of hydrogen-bond donors (Lipinski definition) is 1. The lowest BCUT2D eigenvalue weighted by molar-refractivity contribution is 0.259. The van der Waals surface area contributed by atoms with Crippen molar-refractivity contribution in [1.29, 1.82) is 5.26 Å². The number of nitrogens with one attached hydrogen (secondary N) is 1. The lowest BCUT2D eigenvalue weighted by Crippen LogP contribution is -2.33. The van der Waals surface area contributed by atoms with E-state index in [1.807, 2.05) is 0 Å². The second-order valence-electron chi connectivity index (χ2n) is 5.57. The van der Waals surface area contributed by atoms with Crippen molar-refractivity contribution in [1.82, 2.24) is 10.2 Å². The van der Waals surface area contributed by atoms with Crippen LogP contribution in [-0.2, 0) is 13.0 Å². The fourth-order valence-corrected chi connectivity index (χ4v) is 2.80. The van der Waals surface area contributed by atoms with Crippen LogP contribution in [0, 0.1) is 11.3 Å². The van der Waals surface area contributed by atoms with Crippen molar-refractivity contribution >= 4 is 0 Å². The van der Waals surface area contributed by atoms with Crippen LogP contribution in [0.25, 0.3) is 0 Å². The maximum Gasteiger partial charge on any atom is 0.0965 e. The van der Waals surface area contributed by atoms with Crippen LogP contribution in [-0.4, -0.2) is 30.6 Å². The van der Waals surface area contributed by atoms with E-state index in [1.165, 1.54) is 24.0 Å². The van der Waals surface area contributed by atoms with E-state index in [0.717, 1.165) is 39.0 Å². The number of aryl methyl sites for hydroxylation is 1. The SMILES string of the molecule is CCCNC(C#N)CCN1CCCc2ccccc2C1. The highest BCUT2D eigenvalue weighted by atomic mass is 15.1. The molecule has 1 aliphatic heterocycles. The van der Waals surface area contributed by atoms with Gasteiger partial charge in [0.25, 0.3) is 0 Å². The molecule has 0 bridgehead atoms. The minimum Gasteiger partial charge on any atom is -0.302 e. The lowest BCUT2D eigenvalue weighted by atomic mass is 10.0. The molecule has 1 N–H and O–H groups in total. The molecule has 0 aromatic heterocycles. The highest BCUT2D eigenvalue weighted by Crippen LogP contribution is 2.18. The standard InChI is InChI=1S/C17H25N3/c1-2-10-19-17(13-18)9-12-20-11-5-8-15-6-3-4-7-16(15)14-20/h3-4,6-7,17,19H,2,5,8-12,14H2,1H3. The van der Waals surface area contributed by atoms with E-state index in [4.69, 9.17) is 5.26 Å². The molecule has 0 aliphatic carbocycles. The zero-order chi connectivity index (χ0) is 14.2. The van der Waals surface area contributed by atoms with Gasteiger partial charge >= 0.3 is 0 Å². The van der Waals surface area contributed by atoms with Crippen LogP contribution in [0.2, 0.25) is 0 Å². The van der Waals surface area contributed by atoms with Crippen LogP contribution < -0.4 is 5.32 Å². The van der Waals surface area contributed by atoms with Gasteiger partial charge in [0.15, 0.2) is 0 Å². The first-order valence-corrected chi connectivity index (χ1v) is 7.75. The van der Waals surface area contributed by atoms with Crippen LogP contribution in [0.3, 0.4) is 0 Å². The van der Waals surface area contributed by atoms with Crippen molar-refractivity contribution in [2.24, 2.45) is 0 Å². The molecule has 2 rings (SSSR count). The molecule has 0 saturated heterocycles. The number of rotatable bonds is 6. The summed E-state index contributed by atoms with van der Waals surface area (Å²) in [6.07, 6.45) is 4.40. The Hall–Kier alpha value is -1.37. The molecule has 0 amide bonds. The molecule has 1 unspecified atom stereocenters. The second-order valence-corrected chi connectivity index (χ2v) is 5.57. The normalized spacial score (nSPS) is 17.0. The average Bonchev–Trinajstić information content (AvgIpc) is 2.69. The van der Waals surface area contributed by atoms with Gasteiger partial charge < -0.3 is 5.32 Å². The summed E-state index contributed by atoms with van der Waals surface area (Å²) in [5.41, 5.74) is 2.95. The Bertz CT molecular complexity index is 450. The Morgan fingerprint density at radius 2 is 2.15 bits per heavy atom. The Balaban J connectivity index is 1.86. The molecule has 0 radical (unpaired) electrons. The molecule has 3 heteroatoms. The molecule has 20 heavy (non-hydrogen) atoms.